The number of rotatable bonds is 7. The average Bonchev–Trinajstić information content (AvgIpc) is 2.52. The van der Waals surface area contributed by atoms with Crippen molar-refractivity contribution >= 4 is 17.6 Å². The van der Waals surface area contributed by atoms with Gasteiger partial charge in [0.2, 0.25) is 0 Å². The predicted molar refractivity (Wildman–Crippen MR) is 84.9 cm³/mol. The van der Waals surface area contributed by atoms with Gasteiger partial charge in [-0.3, -0.25) is 0 Å². The van der Waals surface area contributed by atoms with E-state index in [0.29, 0.717) is 0 Å². The number of hydrogen-bond acceptors (Lipinski definition) is 4. The number of thioether (sulfide) groups is 1. The largest absolute Gasteiger partial charge is 0.392 e. The van der Waals surface area contributed by atoms with Crippen LogP contribution in [-0.4, -0.2) is 16.6 Å². The van der Waals surface area contributed by atoms with Crippen LogP contribution in [0, 0.1) is 0 Å². The summed E-state index contributed by atoms with van der Waals surface area (Å²) in [6.45, 7) is 3.19. The Balaban J connectivity index is 1.98. The lowest BCUT2D eigenvalue weighted by Crippen LogP contribution is -2.04. The summed E-state index contributed by atoms with van der Waals surface area (Å²) in [7, 11) is 0. The highest BCUT2D eigenvalue weighted by molar-refractivity contribution is 7.98. The molecule has 106 valence electrons. The summed E-state index contributed by atoms with van der Waals surface area (Å²) in [5, 5.41) is 12.4. The summed E-state index contributed by atoms with van der Waals surface area (Å²) in [6, 6.07) is 12.1. The number of nitrogens with one attached hydrogen (secondary N) is 1. The van der Waals surface area contributed by atoms with E-state index in [1.165, 1.54) is 10.5 Å². The Morgan fingerprint density at radius 1 is 1.20 bits per heavy atom. The normalized spacial score (nSPS) is 10.5. The Morgan fingerprint density at radius 3 is 2.70 bits per heavy atom. The Labute approximate surface area is 124 Å². The first-order chi connectivity index (χ1) is 9.83. The third-order valence-electron chi connectivity index (χ3n) is 2.93. The van der Waals surface area contributed by atoms with Crippen LogP contribution in [-0.2, 0) is 12.4 Å². The van der Waals surface area contributed by atoms with Gasteiger partial charge in [0.05, 0.1) is 6.61 Å². The molecule has 1 aromatic carbocycles. The molecule has 2 rings (SSSR count). The number of aliphatic hydroxyl groups is 1. The molecule has 0 unspecified atom stereocenters. The van der Waals surface area contributed by atoms with E-state index in [4.69, 9.17) is 5.11 Å². The Hall–Kier alpha value is -1.52. The highest BCUT2D eigenvalue weighted by Crippen LogP contribution is 2.25. The van der Waals surface area contributed by atoms with Crippen LogP contribution in [0.4, 0.5) is 5.82 Å². The predicted octanol–water partition coefficient (Wildman–Crippen LogP) is 3.69. The number of aliphatic hydroxyl groups excluding tert-OH is 1. The van der Waals surface area contributed by atoms with Crippen molar-refractivity contribution in [1.82, 2.24) is 4.98 Å². The molecule has 0 aliphatic rings. The lowest BCUT2D eigenvalue weighted by atomic mass is 10.2. The fourth-order valence-electron chi connectivity index (χ4n) is 1.81. The molecule has 0 aliphatic heterocycles. The maximum atomic E-state index is 9.03. The van der Waals surface area contributed by atoms with Crippen LogP contribution in [0.1, 0.15) is 24.5 Å². The monoisotopic (exact) mass is 288 g/mol. The molecule has 0 saturated carbocycles. The Kier molecular flexibility index (Phi) is 5.89. The standard InChI is InChI=1S/C16H20N2OS/c1-2-9-17-16-14(4-3-10-18-16)12-20-15-7-5-13(11-19)6-8-15/h3-8,10,19H,2,9,11-12H2,1H3,(H,17,18). The van der Waals surface area contributed by atoms with E-state index in [2.05, 4.69) is 23.3 Å². The fraction of sp³-hybridized carbons (Fsp3) is 0.312. The van der Waals surface area contributed by atoms with Gasteiger partial charge in [0.25, 0.3) is 0 Å². The molecule has 0 aliphatic carbocycles. The molecule has 0 bridgehead atoms. The first-order valence-corrected chi connectivity index (χ1v) is 7.82. The number of aromatic nitrogens is 1. The first kappa shape index (κ1) is 14.9. The van der Waals surface area contributed by atoms with Crippen molar-refractivity contribution < 1.29 is 5.11 Å². The van der Waals surface area contributed by atoms with Crippen LogP contribution in [0.5, 0.6) is 0 Å². The quantitative estimate of drug-likeness (QED) is 0.763. The number of anilines is 1. The fourth-order valence-corrected chi connectivity index (χ4v) is 2.69. The molecule has 3 nitrogen and oxygen atoms in total. The lowest BCUT2D eigenvalue weighted by Gasteiger charge is -2.10. The topological polar surface area (TPSA) is 45.2 Å². The van der Waals surface area contributed by atoms with Gasteiger partial charge < -0.3 is 10.4 Å². The van der Waals surface area contributed by atoms with Gasteiger partial charge in [0.15, 0.2) is 0 Å². The second kappa shape index (κ2) is 7.92. The molecule has 20 heavy (non-hydrogen) atoms. The van der Waals surface area contributed by atoms with Crippen LogP contribution in [0.15, 0.2) is 47.5 Å². The molecule has 1 aromatic heterocycles. The number of pyridine rings is 1. The summed E-state index contributed by atoms with van der Waals surface area (Å²) >= 11 is 1.78. The summed E-state index contributed by atoms with van der Waals surface area (Å²) in [5.74, 6) is 1.87. The Morgan fingerprint density at radius 2 is 2.00 bits per heavy atom. The lowest BCUT2D eigenvalue weighted by molar-refractivity contribution is 0.282. The van der Waals surface area contributed by atoms with Crippen LogP contribution in [0.3, 0.4) is 0 Å². The van der Waals surface area contributed by atoms with E-state index >= 15 is 0 Å². The highest BCUT2D eigenvalue weighted by atomic mass is 32.2. The summed E-state index contributed by atoms with van der Waals surface area (Å²) in [4.78, 5) is 5.60. The number of nitrogens with zero attached hydrogens (tertiary/aromatic N) is 1. The third kappa shape index (κ3) is 4.25. The molecule has 0 amide bonds. The molecule has 2 aromatic rings. The molecule has 0 fully saturated rings. The minimum Gasteiger partial charge on any atom is -0.392 e. The van der Waals surface area contributed by atoms with Gasteiger partial charge in [-0.1, -0.05) is 25.1 Å². The maximum absolute atomic E-state index is 9.03. The second-order valence-electron chi connectivity index (χ2n) is 4.53. The van der Waals surface area contributed by atoms with Crippen LogP contribution in [0.25, 0.3) is 0 Å². The first-order valence-electron chi connectivity index (χ1n) is 6.84. The van der Waals surface area contributed by atoms with E-state index in [0.717, 1.165) is 30.1 Å². The maximum Gasteiger partial charge on any atom is 0.129 e. The van der Waals surface area contributed by atoms with Gasteiger partial charge in [-0.15, -0.1) is 11.8 Å². The Bertz CT molecular complexity index is 528. The van der Waals surface area contributed by atoms with Crippen molar-refractivity contribution in [2.75, 3.05) is 11.9 Å². The zero-order chi connectivity index (χ0) is 14.2. The second-order valence-corrected chi connectivity index (χ2v) is 5.58. The smallest absolute Gasteiger partial charge is 0.129 e. The zero-order valence-electron chi connectivity index (χ0n) is 11.7. The van der Waals surface area contributed by atoms with Gasteiger partial charge in [-0.05, 0) is 30.2 Å². The molecule has 0 saturated heterocycles. The van der Waals surface area contributed by atoms with E-state index in [9.17, 15) is 0 Å². The summed E-state index contributed by atoms with van der Waals surface area (Å²) < 4.78 is 0. The van der Waals surface area contributed by atoms with Crippen molar-refractivity contribution in [2.45, 2.75) is 30.6 Å². The van der Waals surface area contributed by atoms with Gasteiger partial charge in [-0.25, -0.2) is 4.98 Å². The molecule has 4 heteroatoms. The van der Waals surface area contributed by atoms with Crippen molar-refractivity contribution in [3.05, 3.63) is 53.7 Å². The van der Waals surface area contributed by atoms with E-state index < -0.39 is 0 Å². The highest BCUT2D eigenvalue weighted by Gasteiger charge is 2.03. The van der Waals surface area contributed by atoms with Crippen molar-refractivity contribution in [1.29, 1.82) is 0 Å². The van der Waals surface area contributed by atoms with Gasteiger partial charge in [0, 0.05) is 29.0 Å². The molecule has 0 spiro atoms. The van der Waals surface area contributed by atoms with Crippen molar-refractivity contribution in [3.8, 4) is 0 Å². The van der Waals surface area contributed by atoms with Gasteiger partial charge in [-0.2, -0.15) is 0 Å². The molecule has 0 radical (unpaired) electrons. The SMILES string of the molecule is CCCNc1ncccc1CSc1ccc(CO)cc1. The molecule has 2 N–H and O–H groups in total. The molecular formula is C16H20N2OS. The zero-order valence-corrected chi connectivity index (χ0v) is 12.5. The minimum atomic E-state index is 0.0959. The van der Waals surface area contributed by atoms with Gasteiger partial charge in [0.1, 0.15) is 5.82 Å². The van der Waals surface area contributed by atoms with Crippen LogP contribution < -0.4 is 5.32 Å². The summed E-state index contributed by atoms with van der Waals surface area (Å²) in [6.07, 6.45) is 2.91. The van der Waals surface area contributed by atoms with E-state index in [1.54, 1.807) is 11.8 Å². The van der Waals surface area contributed by atoms with Crippen molar-refractivity contribution in [3.63, 3.8) is 0 Å². The number of hydrogen-bond donors (Lipinski definition) is 2. The third-order valence-corrected chi connectivity index (χ3v) is 3.99. The van der Waals surface area contributed by atoms with Crippen LogP contribution in [0.2, 0.25) is 0 Å². The van der Waals surface area contributed by atoms with E-state index in [-0.39, 0.29) is 6.61 Å². The van der Waals surface area contributed by atoms with E-state index in [1.807, 2.05) is 36.5 Å². The van der Waals surface area contributed by atoms with Crippen LogP contribution >= 0.6 is 11.8 Å². The minimum absolute atomic E-state index is 0.0959. The average molecular weight is 288 g/mol. The summed E-state index contributed by atoms with van der Waals surface area (Å²) in [5.41, 5.74) is 2.17. The molecule has 0 atom stereocenters. The van der Waals surface area contributed by atoms with Gasteiger partial charge >= 0.3 is 0 Å². The molecule has 1 heterocycles. The van der Waals surface area contributed by atoms with Crippen molar-refractivity contribution in [2.24, 2.45) is 0 Å². The molecular weight excluding hydrogens is 268 g/mol. The number of benzene rings is 1.